The predicted octanol–water partition coefficient (Wildman–Crippen LogP) is 1.18. The average molecular weight is 299 g/mol. The van der Waals surface area contributed by atoms with Crippen LogP contribution in [0.15, 0.2) is 0 Å². The van der Waals surface area contributed by atoms with E-state index < -0.39 is 0 Å². The number of nitrogens with zero attached hydrogens (tertiary/aromatic N) is 1. The summed E-state index contributed by atoms with van der Waals surface area (Å²) in [7, 11) is 0. The molecule has 2 aliphatic rings. The van der Waals surface area contributed by atoms with Gasteiger partial charge in [0.15, 0.2) is 0 Å². The Bertz CT molecular complexity index is 310. The number of hydrogen-bond donors (Lipinski definition) is 2. The van der Waals surface area contributed by atoms with Crippen molar-refractivity contribution in [1.29, 1.82) is 0 Å². The van der Waals surface area contributed by atoms with Crippen LogP contribution in [0, 0.1) is 11.3 Å². The van der Waals surface area contributed by atoms with E-state index in [2.05, 4.69) is 29.4 Å². The minimum atomic E-state index is -0.259. The molecule has 0 saturated carbocycles. The van der Waals surface area contributed by atoms with Crippen LogP contribution in [-0.4, -0.2) is 61.6 Å². The van der Waals surface area contributed by atoms with E-state index >= 15 is 0 Å². The summed E-state index contributed by atoms with van der Waals surface area (Å²) in [6.07, 6.45) is 2.35. The van der Waals surface area contributed by atoms with Gasteiger partial charge in [0.2, 0.25) is 5.91 Å². The number of piperidine rings is 1. The van der Waals surface area contributed by atoms with Gasteiger partial charge in [-0.2, -0.15) is 11.8 Å². The van der Waals surface area contributed by atoms with Crippen molar-refractivity contribution < 1.29 is 4.79 Å². The molecule has 5 heteroatoms. The monoisotopic (exact) mass is 299 g/mol. The molecule has 1 amide bonds. The van der Waals surface area contributed by atoms with Crippen LogP contribution in [-0.2, 0) is 4.79 Å². The Morgan fingerprint density at radius 1 is 1.40 bits per heavy atom. The second-order valence-corrected chi connectivity index (χ2v) is 7.70. The van der Waals surface area contributed by atoms with Gasteiger partial charge >= 0.3 is 0 Å². The molecule has 2 heterocycles. The number of amides is 1. The molecule has 0 aromatic heterocycles. The molecule has 2 rings (SSSR count). The van der Waals surface area contributed by atoms with Gasteiger partial charge in [0.1, 0.15) is 0 Å². The highest BCUT2D eigenvalue weighted by Crippen LogP contribution is 2.31. The molecule has 2 fully saturated rings. The quantitative estimate of drug-likeness (QED) is 0.800. The minimum absolute atomic E-state index is 0.220. The highest BCUT2D eigenvalue weighted by Gasteiger charge is 2.36. The largest absolute Gasteiger partial charge is 0.354 e. The molecule has 1 atom stereocenters. The molecule has 0 radical (unpaired) electrons. The molecule has 0 aliphatic carbocycles. The third-order valence-corrected chi connectivity index (χ3v) is 5.66. The van der Waals surface area contributed by atoms with Gasteiger partial charge in [-0.1, -0.05) is 13.8 Å². The maximum atomic E-state index is 12.4. The van der Waals surface area contributed by atoms with Crippen molar-refractivity contribution in [3.8, 4) is 0 Å². The van der Waals surface area contributed by atoms with E-state index in [4.69, 9.17) is 0 Å². The Morgan fingerprint density at radius 3 is 2.80 bits per heavy atom. The first-order valence-corrected chi connectivity index (χ1v) is 9.05. The van der Waals surface area contributed by atoms with Gasteiger partial charge in [-0.25, -0.2) is 0 Å². The van der Waals surface area contributed by atoms with E-state index in [0.29, 0.717) is 5.92 Å². The highest BCUT2D eigenvalue weighted by molar-refractivity contribution is 7.99. The molecule has 1 unspecified atom stereocenters. The van der Waals surface area contributed by atoms with Gasteiger partial charge in [0.05, 0.1) is 0 Å². The summed E-state index contributed by atoms with van der Waals surface area (Å²) in [6.45, 7) is 10.4. The highest BCUT2D eigenvalue weighted by atomic mass is 32.2. The molecule has 0 aromatic carbocycles. The number of nitrogens with one attached hydrogen (secondary N) is 2. The molecule has 0 aromatic rings. The second kappa shape index (κ2) is 7.66. The number of thioether (sulfide) groups is 1. The summed E-state index contributed by atoms with van der Waals surface area (Å²) < 4.78 is 0. The van der Waals surface area contributed by atoms with Gasteiger partial charge in [-0.05, 0) is 31.8 Å². The topological polar surface area (TPSA) is 44.4 Å². The zero-order valence-corrected chi connectivity index (χ0v) is 13.7. The molecule has 2 saturated heterocycles. The molecule has 0 spiro atoms. The van der Waals surface area contributed by atoms with Crippen molar-refractivity contribution in [2.45, 2.75) is 26.7 Å². The Labute approximate surface area is 127 Å². The minimum Gasteiger partial charge on any atom is -0.354 e. The zero-order valence-electron chi connectivity index (χ0n) is 12.9. The normalized spacial score (nSPS) is 25.4. The van der Waals surface area contributed by atoms with Gasteiger partial charge in [-0.3, -0.25) is 9.69 Å². The summed E-state index contributed by atoms with van der Waals surface area (Å²) in [4.78, 5) is 14.9. The van der Waals surface area contributed by atoms with Crippen molar-refractivity contribution in [1.82, 2.24) is 15.5 Å². The molecule has 0 bridgehead atoms. The maximum Gasteiger partial charge on any atom is 0.226 e. The van der Waals surface area contributed by atoms with Crippen molar-refractivity contribution in [3.63, 3.8) is 0 Å². The molecule has 2 N–H and O–H groups in total. The lowest BCUT2D eigenvalue weighted by molar-refractivity contribution is -0.132. The van der Waals surface area contributed by atoms with E-state index in [1.54, 1.807) is 0 Å². The maximum absolute atomic E-state index is 12.4. The van der Waals surface area contributed by atoms with Crippen LogP contribution in [0.1, 0.15) is 26.7 Å². The van der Waals surface area contributed by atoms with Gasteiger partial charge in [0, 0.05) is 43.1 Å². The number of carbonyl (C=O) groups excluding carboxylic acids is 1. The molecule has 4 nitrogen and oxygen atoms in total. The summed E-state index contributed by atoms with van der Waals surface area (Å²) >= 11 is 2.03. The fourth-order valence-electron chi connectivity index (χ4n) is 3.03. The van der Waals surface area contributed by atoms with Crippen LogP contribution in [0.4, 0.5) is 0 Å². The standard InChI is InChI=1S/C15H29N3OS/c1-15(2,13-4-3-5-16-12-13)14(19)17-6-7-18-8-10-20-11-9-18/h13,16H,3-12H2,1-2H3,(H,17,19). The fourth-order valence-corrected chi connectivity index (χ4v) is 4.01. The Hall–Kier alpha value is -0.260. The van der Waals surface area contributed by atoms with Crippen molar-refractivity contribution in [3.05, 3.63) is 0 Å². The molecular formula is C15H29N3OS. The van der Waals surface area contributed by atoms with E-state index in [1.165, 1.54) is 17.9 Å². The van der Waals surface area contributed by atoms with Gasteiger partial charge in [0.25, 0.3) is 0 Å². The Kier molecular flexibility index (Phi) is 6.18. The summed E-state index contributed by atoms with van der Waals surface area (Å²) in [5.41, 5.74) is -0.259. The first kappa shape index (κ1) is 16.1. The van der Waals surface area contributed by atoms with Crippen molar-refractivity contribution >= 4 is 17.7 Å². The van der Waals surface area contributed by atoms with E-state index in [0.717, 1.165) is 45.7 Å². The van der Waals surface area contributed by atoms with Crippen molar-refractivity contribution in [2.24, 2.45) is 11.3 Å². The molecule has 2 aliphatic heterocycles. The first-order chi connectivity index (χ1) is 9.60. The summed E-state index contributed by atoms with van der Waals surface area (Å²) in [5, 5.41) is 6.57. The number of hydrogen-bond acceptors (Lipinski definition) is 4. The van der Waals surface area contributed by atoms with E-state index in [-0.39, 0.29) is 11.3 Å². The third-order valence-electron chi connectivity index (χ3n) is 4.72. The number of carbonyl (C=O) groups is 1. The van der Waals surface area contributed by atoms with Crippen molar-refractivity contribution in [2.75, 3.05) is 50.8 Å². The lowest BCUT2D eigenvalue weighted by atomic mass is 9.74. The van der Waals surface area contributed by atoms with E-state index in [9.17, 15) is 4.79 Å². The summed E-state index contributed by atoms with van der Waals surface area (Å²) in [5.74, 6) is 3.14. The first-order valence-electron chi connectivity index (χ1n) is 7.90. The fraction of sp³-hybridized carbons (Fsp3) is 0.933. The third kappa shape index (κ3) is 4.37. The Morgan fingerprint density at radius 2 is 2.15 bits per heavy atom. The van der Waals surface area contributed by atoms with Crippen LogP contribution in [0.5, 0.6) is 0 Å². The van der Waals surface area contributed by atoms with Crippen LogP contribution < -0.4 is 10.6 Å². The smallest absolute Gasteiger partial charge is 0.226 e. The Balaban J connectivity index is 1.72. The summed E-state index contributed by atoms with van der Waals surface area (Å²) in [6, 6.07) is 0. The molecular weight excluding hydrogens is 270 g/mol. The van der Waals surface area contributed by atoms with Crippen LogP contribution >= 0.6 is 11.8 Å². The average Bonchev–Trinajstić information content (AvgIpc) is 2.49. The molecule has 116 valence electrons. The number of rotatable bonds is 5. The van der Waals surface area contributed by atoms with E-state index in [1.807, 2.05) is 11.8 Å². The zero-order chi connectivity index (χ0) is 14.4. The van der Waals surface area contributed by atoms with Gasteiger partial charge < -0.3 is 10.6 Å². The van der Waals surface area contributed by atoms with Crippen LogP contribution in [0.2, 0.25) is 0 Å². The predicted molar refractivity (Wildman–Crippen MR) is 86.1 cm³/mol. The second-order valence-electron chi connectivity index (χ2n) is 6.47. The SMILES string of the molecule is CC(C)(C(=O)NCCN1CCSCC1)C1CCCNC1. The van der Waals surface area contributed by atoms with Crippen LogP contribution in [0.25, 0.3) is 0 Å². The van der Waals surface area contributed by atoms with Gasteiger partial charge in [-0.15, -0.1) is 0 Å². The lowest BCUT2D eigenvalue weighted by Crippen LogP contribution is -2.49. The lowest BCUT2D eigenvalue weighted by Gasteiger charge is -2.36. The van der Waals surface area contributed by atoms with Crippen LogP contribution in [0.3, 0.4) is 0 Å². The molecule has 20 heavy (non-hydrogen) atoms.